The molecule has 0 saturated carbocycles. The van der Waals surface area contributed by atoms with Crippen LogP contribution in [0.4, 0.5) is 17.1 Å². The first-order valence-electron chi connectivity index (χ1n) is 9.92. The van der Waals surface area contributed by atoms with Crippen LogP contribution in [0.15, 0.2) is 42.5 Å². The first-order valence-corrected chi connectivity index (χ1v) is 9.92. The maximum Gasteiger partial charge on any atom is 0.243 e. The molecule has 4 rings (SSSR count). The molecule has 0 bridgehead atoms. The average Bonchev–Trinajstić information content (AvgIpc) is 3.20. The Kier molecular flexibility index (Phi) is 5.89. The zero-order valence-corrected chi connectivity index (χ0v) is 17.1. The first-order chi connectivity index (χ1) is 14.6. The lowest BCUT2D eigenvalue weighted by molar-refractivity contribution is -0.114. The summed E-state index contributed by atoms with van der Waals surface area (Å²) in [7, 11) is 0. The normalized spacial score (nSPS) is 13.9. The summed E-state index contributed by atoms with van der Waals surface area (Å²) in [5, 5.41) is 17.7. The lowest BCUT2D eigenvalue weighted by atomic mass is 10.2. The topological polar surface area (TPSA) is 97.2 Å². The molecular formula is C21H25N7O2. The van der Waals surface area contributed by atoms with Crippen molar-refractivity contribution in [2.24, 2.45) is 0 Å². The van der Waals surface area contributed by atoms with Gasteiger partial charge in [0.2, 0.25) is 5.91 Å². The number of ether oxygens (including phenoxy) is 1. The molecule has 3 aromatic rings. The van der Waals surface area contributed by atoms with E-state index in [1.807, 2.05) is 56.3 Å². The minimum absolute atomic E-state index is 0.116. The minimum atomic E-state index is -0.116. The molecule has 1 aliphatic heterocycles. The summed E-state index contributed by atoms with van der Waals surface area (Å²) >= 11 is 0. The van der Waals surface area contributed by atoms with Gasteiger partial charge >= 0.3 is 0 Å². The zero-order chi connectivity index (χ0) is 20.9. The number of amides is 1. The van der Waals surface area contributed by atoms with Crippen LogP contribution in [0.5, 0.6) is 0 Å². The molecule has 1 aromatic heterocycles. The Hall–Kier alpha value is -3.46. The van der Waals surface area contributed by atoms with Crippen LogP contribution in [-0.2, 0) is 9.53 Å². The molecule has 9 heteroatoms. The van der Waals surface area contributed by atoms with E-state index in [1.54, 1.807) is 4.68 Å². The molecule has 9 nitrogen and oxygen atoms in total. The van der Waals surface area contributed by atoms with Crippen molar-refractivity contribution in [2.75, 3.05) is 48.4 Å². The molecule has 0 unspecified atom stereocenters. The molecule has 1 saturated heterocycles. The number of rotatable bonds is 6. The van der Waals surface area contributed by atoms with Crippen LogP contribution in [0.25, 0.3) is 5.69 Å². The Morgan fingerprint density at radius 1 is 1.07 bits per heavy atom. The van der Waals surface area contributed by atoms with Crippen molar-refractivity contribution < 1.29 is 9.53 Å². The summed E-state index contributed by atoms with van der Waals surface area (Å²) in [5.41, 5.74) is 4.65. The lowest BCUT2D eigenvalue weighted by Crippen LogP contribution is -2.36. The van der Waals surface area contributed by atoms with Gasteiger partial charge in [-0.3, -0.25) is 4.79 Å². The van der Waals surface area contributed by atoms with E-state index in [1.165, 1.54) is 0 Å². The highest BCUT2D eigenvalue weighted by molar-refractivity contribution is 5.94. The van der Waals surface area contributed by atoms with Crippen molar-refractivity contribution in [2.45, 2.75) is 13.8 Å². The maximum atomic E-state index is 12.4. The van der Waals surface area contributed by atoms with Gasteiger partial charge < -0.3 is 20.3 Å². The number of morpholine rings is 1. The first kappa shape index (κ1) is 19.8. The van der Waals surface area contributed by atoms with E-state index in [9.17, 15) is 4.79 Å². The summed E-state index contributed by atoms with van der Waals surface area (Å²) < 4.78 is 7.06. The van der Waals surface area contributed by atoms with Gasteiger partial charge in [-0.2, -0.15) is 4.68 Å². The Bertz CT molecular complexity index is 1010. The van der Waals surface area contributed by atoms with Gasteiger partial charge in [0.25, 0.3) is 0 Å². The Balaban J connectivity index is 1.34. The van der Waals surface area contributed by atoms with Crippen molar-refractivity contribution in [1.82, 2.24) is 20.2 Å². The molecule has 2 heterocycles. The van der Waals surface area contributed by atoms with Crippen LogP contribution in [0.3, 0.4) is 0 Å². The smallest absolute Gasteiger partial charge is 0.243 e. The molecule has 0 atom stereocenters. The maximum absolute atomic E-state index is 12.4. The molecule has 1 amide bonds. The number of nitrogens with zero attached hydrogens (tertiary/aromatic N) is 5. The minimum Gasteiger partial charge on any atom is -0.378 e. The molecule has 1 fully saturated rings. The van der Waals surface area contributed by atoms with Crippen molar-refractivity contribution in [1.29, 1.82) is 0 Å². The number of carbonyl (C=O) groups is 1. The van der Waals surface area contributed by atoms with Crippen molar-refractivity contribution in [3.05, 3.63) is 53.9 Å². The van der Waals surface area contributed by atoms with Crippen LogP contribution in [-0.4, -0.2) is 59.0 Å². The van der Waals surface area contributed by atoms with Gasteiger partial charge in [0.1, 0.15) is 0 Å². The third kappa shape index (κ3) is 4.57. The fourth-order valence-electron chi connectivity index (χ4n) is 3.37. The van der Waals surface area contributed by atoms with Gasteiger partial charge in [-0.15, -0.1) is 5.10 Å². The quantitative estimate of drug-likeness (QED) is 0.646. The Morgan fingerprint density at radius 2 is 1.80 bits per heavy atom. The molecule has 2 aromatic carbocycles. The fourth-order valence-corrected chi connectivity index (χ4v) is 3.37. The highest BCUT2D eigenvalue weighted by atomic mass is 16.5. The van der Waals surface area contributed by atoms with E-state index < -0.39 is 0 Å². The summed E-state index contributed by atoms with van der Waals surface area (Å²) in [4.78, 5) is 14.6. The summed E-state index contributed by atoms with van der Waals surface area (Å²) in [5.74, 6) is 0.586. The van der Waals surface area contributed by atoms with Gasteiger partial charge in [-0.1, -0.05) is 6.07 Å². The summed E-state index contributed by atoms with van der Waals surface area (Å²) in [6, 6.07) is 13.7. The number of anilines is 3. The van der Waals surface area contributed by atoms with Crippen molar-refractivity contribution in [3.63, 3.8) is 0 Å². The molecule has 30 heavy (non-hydrogen) atoms. The van der Waals surface area contributed by atoms with Crippen LogP contribution < -0.4 is 15.5 Å². The summed E-state index contributed by atoms with van der Waals surface area (Å²) in [6.45, 7) is 7.26. The van der Waals surface area contributed by atoms with Gasteiger partial charge in [0.05, 0.1) is 25.4 Å². The van der Waals surface area contributed by atoms with E-state index in [-0.39, 0.29) is 12.5 Å². The third-order valence-electron chi connectivity index (χ3n) is 5.04. The molecule has 0 radical (unpaired) electrons. The van der Waals surface area contributed by atoms with Crippen LogP contribution in [0.2, 0.25) is 0 Å². The van der Waals surface area contributed by atoms with Crippen molar-refractivity contribution >= 4 is 23.0 Å². The number of carbonyl (C=O) groups excluding carboxylic acids is 1. The van der Waals surface area contributed by atoms with E-state index in [4.69, 9.17) is 4.74 Å². The van der Waals surface area contributed by atoms with Crippen LogP contribution in [0, 0.1) is 13.8 Å². The largest absolute Gasteiger partial charge is 0.378 e. The van der Waals surface area contributed by atoms with E-state index >= 15 is 0 Å². The second-order valence-electron chi connectivity index (χ2n) is 7.19. The Labute approximate surface area is 175 Å². The van der Waals surface area contributed by atoms with Crippen LogP contribution >= 0.6 is 0 Å². The van der Waals surface area contributed by atoms with Gasteiger partial charge in [0.15, 0.2) is 5.82 Å². The van der Waals surface area contributed by atoms with Gasteiger partial charge in [-0.25, -0.2) is 0 Å². The number of benzene rings is 2. The predicted molar refractivity (Wildman–Crippen MR) is 115 cm³/mol. The monoisotopic (exact) mass is 407 g/mol. The van der Waals surface area contributed by atoms with E-state index in [0.29, 0.717) is 5.82 Å². The number of tetrazole rings is 1. The Morgan fingerprint density at radius 3 is 2.50 bits per heavy atom. The van der Waals surface area contributed by atoms with Gasteiger partial charge in [-0.05, 0) is 66.2 Å². The van der Waals surface area contributed by atoms with Crippen LogP contribution in [0.1, 0.15) is 11.4 Å². The predicted octanol–water partition coefficient (Wildman–Crippen LogP) is 2.17. The van der Waals surface area contributed by atoms with Gasteiger partial charge in [0, 0.05) is 30.2 Å². The molecule has 2 N–H and O–H groups in total. The van der Waals surface area contributed by atoms with E-state index in [0.717, 1.165) is 54.6 Å². The highest BCUT2D eigenvalue weighted by Gasteiger charge is 2.12. The lowest BCUT2D eigenvalue weighted by Gasteiger charge is -2.28. The fraction of sp³-hybridized carbons (Fsp3) is 0.333. The average molecular weight is 407 g/mol. The molecule has 1 aliphatic rings. The highest BCUT2D eigenvalue weighted by Crippen LogP contribution is 2.20. The summed E-state index contributed by atoms with van der Waals surface area (Å²) in [6.07, 6.45) is 0. The number of hydrogen-bond donors (Lipinski definition) is 2. The molecule has 156 valence electrons. The SMILES string of the molecule is Cc1ccc(NCC(=O)Nc2ccc(N3CCOCC3)cc2)cc1-n1nnnc1C. The van der Waals surface area contributed by atoms with E-state index in [2.05, 4.69) is 31.1 Å². The molecule has 0 aliphatic carbocycles. The number of nitrogens with one attached hydrogen (secondary N) is 2. The third-order valence-corrected chi connectivity index (χ3v) is 5.04. The molecule has 0 spiro atoms. The number of aryl methyl sites for hydroxylation is 2. The number of hydrogen-bond acceptors (Lipinski definition) is 7. The van der Waals surface area contributed by atoms with Crippen molar-refractivity contribution in [3.8, 4) is 5.69 Å². The molecular weight excluding hydrogens is 382 g/mol. The second-order valence-corrected chi connectivity index (χ2v) is 7.19. The zero-order valence-electron chi connectivity index (χ0n) is 17.1. The second kappa shape index (κ2) is 8.91. The number of aromatic nitrogens is 4. The standard InChI is InChI=1S/C21H25N7O2/c1-15-3-4-18(13-20(15)28-16(2)24-25-26-28)22-14-21(29)23-17-5-7-19(8-6-17)27-9-11-30-12-10-27/h3-8,13,22H,9-12,14H2,1-2H3,(H,23,29).